The standard InChI is InChI=1S/C16H17Cl2NO4/c1-2-23-16(22)14(20)13-11(17)12(18)15(21)19(13)9-8-10-6-4-3-5-7-10/h3-7,13-14,20H,2,8-9H2,1H3. The third kappa shape index (κ3) is 3.86. The molecule has 1 N–H and O–H groups in total. The first-order chi connectivity index (χ1) is 11.0. The van der Waals surface area contributed by atoms with E-state index < -0.39 is 24.0 Å². The molecule has 1 aliphatic rings. The monoisotopic (exact) mass is 357 g/mol. The summed E-state index contributed by atoms with van der Waals surface area (Å²) < 4.78 is 4.79. The van der Waals surface area contributed by atoms with Crippen molar-refractivity contribution in [2.24, 2.45) is 0 Å². The van der Waals surface area contributed by atoms with Gasteiger partial charge in [0.1, 0.15) is 11.1 Å². The largest absolute Gasteiger partial charge is 0.464 e. The summed E-state index contributed by atoms with van der Waals surface area (Å²) in [5.74, 6) is -1.33. The van der Waals surface area contributed by atoms with E-state index in [2.05, 4.69) is 0 Å². The van der Waals surface area contributed by atoms with Gasteiger partial charge in [0, 0.05) is 6.54 Å². The molecule has 1 amide bonds. The second-order valence-corrected chi connectivity index (χ2v) is 5.82. The van der Waals surface area contributed by atoms with E-state index >= 15 is 0 Å². The minimum absolute atomic E-state index is 0.0368. The lowest BCUT2D eigenvalue weighted by molar-refractivity contribution is -0.156. The maximum absolute atomic E-state index is 12.2. The van der Waals surface area contributed by atoms with E-state index in [1.54, 1.807) is 6.92 Å². The van der Waals surface area contributed by atoms with E-state index in [0.717, 1.165) is 5.56 Å². The Kier molecular flexibility index (Phi) is 6.04. The van der Waals surface area contributed by atoms with Gasteiger partial charge < -0.3 is 14.7 Å². The lowest BCUT2D eigenvalue weighted by atomic mass is 10.1. The summed E-state index contributed by atoms with van der Waals surface area (Å²) in [6.45, 7) is 2.02. The van der Waals surface area contributed by atoms with Crippen LogP contribution in [0, 0.1) is 0 Å². The molecule has 2 unspecified atom stereocenters. The number of carbonyl (C=O) groups excluding carboxylic acids is 2. The van der Waals surface area contributed by atoms with Crippen molar-refractivity contribution < 1.29 is 19.4 Å². The van der Waals surface area contributed by atoms with Crippen molar-refractivity contribution >= 4 is 35.1 Å². The number of esters is 1. The number of aliphatic hydroxyl groups excluding tert-OH is 1. The first kappa shape index (κ1) is 17.8. The van der Waals surface area contributed by atoms with Gasteiger partial charge in [-0.3, -0.25) is 4.79 Å². The molecule has 0 saturated heterocycles. The molecule has 124 valence electrons. The first-order valence-corrected chi connectivity index (χ1v) is 7.97. The summed E-state index contributed by atoms with van der Waals surface area (Å²) in [7, 11) is 0. The maximum atomic E-state index is 12.2. The van der Waals surface area contributed by atoms with Crippen molar-refractivity contribution in [3.63, 3.8) is 0 Å². The molecular weight excluding hydrogens is 341 g/mol. The molecule has 0 radical (unpaired) electrons. The first-order valence-electron chi connectivity index (χ1n) is 7.22. The predicted molar refractivity (Wildman–Crippen MR) is 87.0 cm³/mol. The van der Waals surface area contributed by atoms with Gasteiger partial charge in [0.05, 0.1) is 11.6 Å². The van der Waals surface area contributed by atoms with Gasteiger partial charge in [-0.2, -0.15) is 0 Å². The van der Waals surface area contributed by atoms with Crippen LogP contribution in [0.1, 0.15) is 12.5 Å². The van der Waals surface area contributed by atoms with E-state index in [1.807, 2.05) is 30.3 Å². The molecule has 0 spiro atoms. The molecule has 1 heterocycles. The molecular formula is C16H17Cl2NO4. The summed E-state index contributed by atoms with van der Waals surface area (Å²) in [5, 5.41) is 9.97. The van der Waals surface area contributed by atoms with E-state index in [0.29, 0.717) is 6.42 Å². The predicted octanol–water partition coefficient (Wildman–Crippen LogP) is 2.05. The zero-order valence-electron chi connectivity index (χ0n) is 12.5. The number of halogens is 2. The highest BCUT2D eigenvalue weighted by Crippen LogP contribution is 2.33. The molecule has 2 atom stereocenters. The van der Waals surface area contributed by atoms with Crippen LogP contribution in [-0.2, 0) is 20.7 Å². The van der Waals surface area contributed by atoms with Gasteiger partial charge in [0.25, 0.3) is 5.91 Å². The van der Waals surface area contributed by atoms with Gasteiger partial charge in [-0.1, -0.05) is 53.5 Å². The fourth-order valence-electron chi connectivity index (χ4n) is 2.42. The Morgan fingerprint density at radius 1 is 1.35 bits per heavy atom. The van der Waals surface area contributed by atoms with Crippen molar-refractivity contribution in [2.45, 2.75) is 25.5 Å². The average molecular weight is 358 g/mol. The van der Waals surface area contributed by atoms with Crippen LogP contribution in [0.3, 0.4) is 0 Å². The number of rotatable bonds is 6. The second kappa shape index (κ2) is 7.81. The quantitative estimate of drug-likeness (QED) is 0.791. The normalized spacial score (nSPS) is 19.2. The number of hydrogen-bond acceptors (Lipinski definition) is 4. The van der Waals surface area contributed by atoms with Crippen LogP contribution in [0.2, 0.25) is 0 Å². The Labute approximate surface area is 144 Å². The average Bonchev–Trinajstić information content (AvgIpc) is 2.77. The van der Waals surface area contributed by atoms with Crippen molar-refractivity contribution in [2.75, 3.05) is 13.2 Å². The Balaban J connectivity index is 2.15. The molecule has 23 heavy (non-hydrogen) atoms. The summed E-state index contributed by atoms with van der Waals surface area (Å²) in [6, 6.07) is 8.52. The van der Waals surface area contributed by atoms with Crippen molar-refractivity contribution in [3.8, 4) is 0 Å². The summed E-state index contributed by atoms with van der Waals surface area (Å²) in [5.41, 5.74) is 1.02. The van der Waals surface area contributed by atoms with Gasteiger partial charge in [-0.25, -0.2) is 4.79 Å². The van der Waals surface area contributed by atoms with E-state index in [4.69, 9.17) is 27.9 Å². The summed E-state index contributed by atoms with van der Waals surface area (Å²) in [6.07, 6.45) is -1.02. The third-order valence-corrected chi connectivity index (χ3v) is 4.44. The fourth-order valence-corrected chi connectivity index (χ4v) is 2.96. The number of aliphatic hydroxyl groups is 1. The molecule has 0 fully saturated rings. The zero-order valence-corrected chi connectivity index (χ0v) is 14.0. The van der Waals surface area contributed by atoms with E-state index in [1.165, 1.54) is 4.90 Å². The number of carbonyl (C=O) groups is 2. The third-order valence-electron chi connectivity index (χ3n) is 3.57. The Morgan fingerprint density at radius 3 is 2.61 bits per heavy atom. The van der Waals surface area contributed by atoms with Crippen LogP contribution in [-0.4, -0.2) is 47.2 Å². The molecule has 1 aromatic rings. The van der Waals surface area contributed by atoms with Crippen molar-refractivity contribution in [1.29, 1.82) is 0 Å². The van der Waals surface area contributed by atoms with Crippen molar-refractivity contribution in [1.82, 2.24) is 4.90 Å². The molecule has 0 aliphatic carbocycles. The number of ether oxygens (including phenoxy) is 1. The Hall–Kier alpha value is -1.56. The van der Waals surface area contributed by atoms with Crippen molar-refractivity contribution in [3.05, 3.63) is 46.0 Å². The maximum Gasteiger partial charge on any atom is 0.337 e. The van der Waals surface area contributed by atoms with Gasteiger partial charge in [-0.15, -0.1) is 0 Å². The van der Waals surface area contributed by atoms with Gasteiger partial charge >= 0.3 is 5.97 Å². The SMILES string of the molecule is CCOC(=O)C(O)C1C(Cl)=C(Cl)C(=O)N1CCc1ccccc1. The smallest absolute Gasteiger partial charge is 0.337 e. The molecule has 0 aromatic heterocycles. The highest BCUT2D eigenvalue weighted by atomic mass is 35.5. The minimum Gasteiger partial charge on any atom is -0.464 e. The molecule has 0 saturated carbocycles. The lowest BCUT2D eigenvalue weighted by Crippen LogP contribution is -2.47. The molecule has 1 aliphatic heterocycles. The van der Waals surface area contributed by atoms with E-state index in [-0.39, 0.29) is 23.2 Å². The van der Waals surface area contributed by atoms with Crippen LogP contribution in [0.5, 0.6) is 0 Å². The molecule has 1 aromatic carbocycles. The number of amides is 1. The van der Waals surface area contributed by atoms with Crippen LogP contribution < -0.4 is 0 Å². The topological polar surface area (TPSA) is 66.8 Å². The highest BCUT2D eigenvalue weighted by Gasteiger charge is 2.44. The zero-order chi connectivity index (χ0) is 17.0. The number of hydrogen-bond donors (Lipinski definition) is 1. The van der Waals surface area contributed by atoms with Crippen LogP contribution >= 0.6 is 23.2 Å². The van der Waals surface area contributed by atoms with Crippen LogP contribution in [0.15, 0.2) is 40.4 Å². The summed E-state index contributed by atoms with van der Waals surface area (Å²) >= 11 is 12.0. The second-order valence-electron chi connectivity index (χ2n) is 5.04. The van der Waals surface area contributed by atoms with Gasteiger partial charge in [0.15, 0.2) is 6.10 Å². The number of nitrogens with zero attached hydrogens (tertiary/aromatic N) is 1. The van der Waals surface area contributed by atoms with Crippen LogP contribution in [0.25, 0.3) is 0 Å². The highest BCUT2D eigenvalue weighted by molar-refractivity contribution is 6.49. The Morgan fingerprint density at radius 2 is 2.00 bits per heavy atom. The summed E-state index contributed by atoms with van der Waals surface area (Å²) in [4.78, 5) is 25.3. The molecule has 5 nitrogen and oxygen atoms in total. The fraction of sp³-hybridized carbons (Fsp3) is 0.375. The minimum atomic E-state index is -1.57. The lowest BCUT2D eigenvalue weighted by Gasteiger charge is -2.28. The Bertz CT molecular complexity index is 618. The van der Waals surface area contributed by atoms with E-state index in [9.17, 15) is 14.7 Å². The molecule has 2 rings (SSSR count). The number of benzene rings is 1. The van der Waals surface area contributed by atoms with Gasteiger partial charge in [0.2, 0.25) is 0 Å². The van der Waals surface area contributed by atoms with Gasteiger partial charge in [-0.05, 0) is 18.9 Å². The molecule has 0 bridgehead atoms. The van der Waals surface area contributed by atoms with Crippen LogP contribution in [0.4, 0.5) is 0 Å². The molecule has 7 heteroatoms.